The van der Waals surface area contributed by atoms with Crippen LogP contribution in [0.2, 0.25) is 0 Å². The third-order valence-corrected chi connectivity index (χ3v) is 4.21. The highest BCUT2D eigenvalue weighted by atomic mass is 16.1. The number of nitrogens with one attached hydrogen (secondary N) is 1. The summed E-state index contributed by atoms with van der Waals surface area (Å²) in [5, 5.41) is 3.05. The molecule has 0 saturated heterocycles. The maximum atomic E-state index is 12.1. The Hall–Kier alpha value is -2.95. The largest absolute Gasteiger partial charge is 0.350 e. The normalized spacial score (nSPS) is 11.9. The molecular formula is C20H22N4O. The average Bonchev–Trinajstić information content (AvgIpc) is 3.07. The van der Waals surface area contributed by atoms with Crippen molar-refractivity contribution in [3.05, 3.63) is 78.1 Å². The van der Waals surface area contributed by atoms with E-state index in [1.165, 1.54) is 0 Å². The number of carbonyl (C=O) groups is 1. The van der Waals surface area contributed by atoms with Crippen LogP contribution in [-0.2, 0) is 11.2 Å². The average molecular weight is 334 g/mol. The molecule has 128 valence electrons. The number of rotatable bonds is 6. The SMILES string of the molecule is Cc1nccn1-c1ccc([C@@H](C)NC(=O)CCc2ccccn2)cc1. The van der Waals surface area contributed by atoms with E-state index in [9.17, 15) is 4.79 Å². The first-order chi connectivity index (χ1) is 12.1. The summed E-state index contributed by atoms with van der Waals surface area (Å²) in [6.07, 6.45) is 6.56. The molecule has 0 bridgehead atoms. The van der Waals surface area contributed by atoms with E-state index in [2.05, 4.69) is 15.3 Å². The van der Waals surface area contributed by atoms with Crippen LogP contribution in [-0.4, -0.2) is 20.4 Å². The second-order valence-electron chi connectivity index (χ2n) is 6.05. The number of imidazole rings is 1. The molecule has 1 atom stereocenters. The third kappa shape index (κ3) is 4.32. The molecule has 5 nitrogen and oxygen atoms in total. The van der Waals surface area contributed by atoms with Gasteiger partial charge >= 0.3 is 0 Å². The second-order valence-corrected chi connectivity index (χ2v) is 6.05. The van der Waals surface area contributed by atoms with Gasteiger partial charge in [-0.15, -0.1) is 0 Å². The topological polar surface area (TPSA) is 59.8 Å². The Balaban J connectivity index is 1.56. The number of hydrogen-bond acceptors (Lipinski definition) is 3. The minimum Gasteiger partial charge on any atom is -0.350 e. The number of aromatic nitrogens is 3. The minimum absolute atomic E-state index is 0.0332. The summed E-state index contributed by atoms with van der Waals surface area (Å²) in [7, 11) is 0. The number of pyridine rings is 1. The highest BCUT2D eigenvalue weighted by Gasteiger charge is 2.10. The molecule has 5 heteroatoms. The zero-order valence-electron chi connectivity index (χ0n) is 14.5. The van der Waals surface area contributed by atoms with Crippen LogP contribution in [0.4, 0.5) is 0 Å². The standard InChI is InChI=1S/C20H22N4O/c1-15(23-20(25)11-8-18-5-3-4-12-22-18)17-6-9-19(10-7-17)24-14-13-21-16(24)2/h3-7,9-10,12-15H,8,11H2,1-2H3,(H,23,25)/t15-/m1/s1. The molecule has 3 rings (SSSR count). The van der Waals surface area contributed by atoms with E-state index in [1.54, 1.807) is 12.4 Å². The van der Waals surface area contributed by atoms with Crippen LogP contribution in [0.25, 0.3) is 5.69 Å². The Kier molecular flexibility index (Phi) is 5.23. The molecule has 2 aromatic heterocycles. The highest BCUT2D eigenvalue weighted by Crippen LogP contribution is 2.17. The van der Waals surface area contributed by atoms with Gasteiger partial charge in [0.25, 0.3) is 0 Å². The first kappa shape index (κ1) is 16.9. The van der Waals surface area contributed by atoms with Crippen molar-refractivity contribution < 1.29 is 4.79 Å². The Labute approximate surface area is 147 Å². The van der Waals surface area contributed by atoms with Crippen LogP contribution in [0, 0.1) is 6.92 Å². The predicted molar refractivity (Wildman–Crippen MR) is 97.4 cm³/mol. The Morgan fingerprint density at radius 1 is 1.12 bits per heavy atom. The fourth-order valence-electron chi connectivity index (χ4n) is 2.76. The van der Waals surface area contributed by atoms with Gasteiger partial charge in [0.05, 0.1) is 6.04 Å². The summed E-state index contributed by atoms with van der Waals surface area (Å²) in [4.78, 5) is 20.6. The fourth-order valence-corrected chi connectivity index (χ4v) is 2.76. The van der Waals surface area contributed by atoms with Gasteiger partial charge in [-0.3, -0.25) is 9.78 Å². The number of benzene rings is 1. The minimum atomic E-state index is -0.0332. The zero-order valence-corrected chi connectivity index (χ0v) is 14.5. The van der Waals surface area contributed by atoms with Crippen LogP contribution in [0.1, 0.15) is 36.5 Å². The van der Waals surface area contributed by atoms with Gasteiger partial charge in [-0.2, -0.15) is 0 Å². The lowest BCUT2D eigenvalue weighted by Gasteiger charge is -2.15. The van der Waals surface area contributed by atoms with Gasteiger partial charge in [-0.05, 0) is 50.1 Å². The van der Waals surface area contributed by atoms with Gasteiger partial charge in [-0.25, -0.2) is 4.98 Å². The lowest BCUT2D eigenvalue weighted by Crippen LogP contribution is -2.26. The molecule has 0 aliphatic heterocycles. The molecule has 0 aliphatic rings. The first-order valence-corrected chi connectivity index (χ1v) is 8.43. The molecule has 0 fully saturated rings. The lowest BCUT2D eigenvalue weighted by atomic mass is 10.1. The van der Waals surface area contributed by atoms with Gasteiger partial charge in [-0.1, -0.05) is 18.2 Å². The van der Waals surface area contributed by atoms with Crippen molar-refractivity contribution in [2.75, 3.05) is 0 Å². The van der Waals surface area contributed by atoms with Crippen molar-refractivity contribution >= 4 is 5.91 Å². The van der Waals surface area contributed by atoms with E-state index in [0.29, 0.717) is 12.8 Å². The van der Waals surface area contributed by atoms with E-state index in [1.807, 2.05) is 67.1 Å². The van der Waals surface area contributed by atoms with E-state index in [0.717, 1.165) is 22.8 Å². The van der Waals surface area contributed by atoms with Crippen molar-refractivity contribution in [1.82, 2.24) is 19.9 Å². The summed E-state index contributed by atoms with van der Waals surface area (Å²) in [6, 6.07) is 13.9. The van der Waals surface area contributed by atoms with Crippen molar-refractivity contribution in [3.8, 4) is 5.69 Å². The molecule has 1 amide bonds. The van der Waals surface area contributed by atoms with Crippen LogP contribution in [0.5, 0.6) is 0 Å². The maximum Gasteiger partial charge on any atom is 0.220 e. The number of aryl methyl sites for hydroxylation is 2. The van der Waals surface area contributed by atoms with Crippen molar-refractivity contribution in [2.24, 2.45) is 0 Å². The predicted octanol–water partition coefficient (Wildman–Crippen LogP) is 3.39. The molecule has 1 aromatic carbocycles. The second kappa shape index (κ2) is 7.75. The monoisotopic (exact) mass is 334 g/mol. The Morgan fingerprint density at radius 3 is 2.56 bits per heavy atom. The van der Waals surface area contributed by atoms with E-state index < -0.39 is 0 Å². The van der Waals surface area contributed by atoms with Gasteiger partial charge in [0.2, 0.25) is 5.91 Å². The third-order valence-electron chi connectivity index (χ3n) is 4.21. The molecule has 3 aromatic rings. The quantitative estimate of drug-likeness (QED) is 0.752. The van der Waals surface area contributed by atoms with Crippen LogP contribution in [0.3, 0.4) is 0 Å². The summed E-state index contributed by atoms with van der Waals surface area (Å²) in [6.45, 7) is 3.97. The van der Waals surface area contributed by atoms with Crippen molar-refractivity contribution in [2.45, 2.75) is 32.7 Å². The fraction of sp³-hybridized carbons (Fsp3) is 0.250. The number of amides is 1. The summed E-state index contributed by atoms with van der Waals surface area (Å²) >= 11 is 0. The van der Waals surface area contributed by atoms with Gasteiger partial charge in [0, 0.05) is 36.4 Å². The number of hydrogen-bond donors (Lipinski definition) is 1. The molecule has 0 unspecified atom stereocenters. The molecule has 25 heavy (non-hydrogen) atoms. The van der Waals surface area contributed by atoms with Crippen molar-refractivity contribution in [3.63, 3.8) is 0 Å². The van der Waals surface area contributed by atoms with Gasteiger partial charge in [0.1, 0.15) is 5.82 Å². The summed E-state index contributed by atoms with van der Waals surface area (Å²) in [5.74, 6) is 0.983. The molecule has 1 N–H and O–H groups in total. The maximum absolute atomic E-state index is 12.1. The molecule has 0 spiro atoms. The van der Waals surface area contributed by atoms with Crippen molar-refractivity contribution in [1.29, 1.82) is 0 Å². The van der Waals surface area contributed by atoms with Crippen LogP contribution >= 0.6 is 0 Å². The number of carbonyl (C=O) groups excluding carboxylic acids is 1. The first-order valence-electron chi connectivity index (χ1n) is 8.43. The Bertz CT molecular complexity index is 824. The lowest BCUT2D eigenvalue weighted by molar-refractivity contribution is -0.121. The highest BCUT2D eigenvalue weighted by molar-refractivity contribution is 5.76. The molecule has 0 saturated carbocycles. The molecule has 0 aliphatic carbocycles. The van der Waals surface area contributed by atoms with Crippen LogP contribution in [0.15, 0.2) is 61.1 Å². The van der Waals surface area contributed by atoms with E-state index in [-0.39, 0.29) is 11.9 Å². The van der Waals surface area contributed by atoms with Gasteiger partial charge < -0.3 is 9.88 Å². The summed E-state index contributed by atoms with van der Waals surface area (Å²) in [5.41, 5.74) is 3.07. The van der Waals surface area contributed by atoms with E-state index >= 15 is 0 Å². The van der Waals surface area contributed by atoms with Gasteiger partial charge in [0.15, 0.2) is 0 Å². The number of nitrogens with zero attached hydrogens (tertiary/aromatic N) is 3. The molecular weight excluding hydrogens is 312 g/mol. The zero-order chi connectivity index (χ0) is 17.6. The molecule has 2 heterocycles. The smallest absolute Gasteiger partial charge is 0.220 e. The van der Waals surface area contributed by atoms with Crippen LogP contribution < -0.4 is 5.32 Å². The summed E-state index contributed by atoms with van der Waals surface area (Å²) < 4.78 is 2.03. The Morgan fingerprint density at radius 2 is 1.92 bits per heavy atom. The molecule has 0 radical (unpaired) electrons. The van der Waals surface area contributed by atoms with E-state index in [4.69, 9.17) is 0 Å².